The second-order valence-corrected chi connectivity index (χ2v) is 5.96. The predicted molar refractivity (Wildman–Crippen MR) is 92.3 cm³/mol. The average molecular weight is 364 g/mol. The fourth-order valence-electron chi connectivity index (χ4n) is 2.51. The molecule has 0 saturated heterocycles. The molecule has 0 radical (unpaired) electrons. The Hall–Kier alpha value is -2.83. The number of hydrogen-bond donors (Lipinski definition) is 1. The second kappa shape index (κ2) is 8.03. The summed E-state index contributed by atoms with van der Waals surface area (Å²) in [5, 5.41) is 2.25. The largest absolute Gasteiger partial charge is 0.418 e. The molecule has 2 aromatic carbocycles. The molecule has 1 N–H and O–H groups in total. The third-order valence-corrected chi connectivity index (χ3v) is 3.74. The lowest BCUT2D eigenvalue weighted by Gasteiger charge is -2.21. The highest BCUT2D eigenvalue weighted by molar-refractivity contribution is 5.95. The van der Waals surface area contributed by atoms with Gasteiger partial charge in [-0.25, -0.2) is 0 Å². The Morgan fingerprint density at radius 1 is 1.08 bits per heavy atom. The Balaban J connectivity index is 2.11. The number of benzene rings is 2. The summed E-state index contributed by atoms with van der Waals surface area (Å²) in [6, 6.07) is 12.2. The first kappa shape index (κ1) is 19.5. The van der Waals surface area contributed by atoms with Crippen LogP contribution in [0.5, 0.6) is 0 Å². The number of nitrogens with one attached hydrogen (secondary N) is 1. The maximum absolute atomic E-state index is 13.0. The van der Waals surface area contributed by atoms with Crippen molar-refractivity contribution in [3.05, 3.63) is 65.2 Å². The van der Waals surface area contributed by atoms with Gasteiger partial charge in [-0.05, 0) is 24.6 Å². The molecule has 0 unspecified atom stereocenters. The monoisotopic (exact) mass is 364 g/mol. The fourth-order valence-corrected chi connectivity index (χ4v) is 2.51. The van der Waals surface area contributed by atoms with Crippen molar-refractivity contribution in [1.82, 2.24) is 4.90 Å². The number of anilines is 1. The first-order valence-electron chi connectivity index (χ1n) is 7.94. The molecule has 4 nitrogen and oxygen atoms in total. The topological polar surface area (TPSA) is 49.4 Å². The van der Waals surface area contributed by atoms with E-state index in [0.717, 1.165) is 17.2 Å². The van der Waals surface area contributed by atoms with Crippen LogP contribution < -0.4 is 5.32 Å². The molecule has 7 heteroatoms. The predicted octanol–water partition coefficient (Wildman–Crippen LogP) is 4.00. The molecule has 2 aromatic rings. The van der Waals surface area contributed by atoms with Crippen molar-refractivity contribution in [2.24, 2.45) is 0 Å². The quantitative estimate of drug-likeness (QED) is 0.872. The second-order valence-electron chi connectivity index (χ2n) is 5.96. The molecule has 0 aliphatic heterocycles. The minimum absolute atomic E-state index is 0.200. The third kappa shape index (κ3) is 5.34. The normalized spacial score (nSPS) is 11.1. The fraction of sp³-hybridized carbons (Fsp3) is 0.263. The molecule has 0 aromatic heterocycles. The Morgan fingerprint density at radius 3 is 2.38 bits per heavy atom. The molecule has 0 saturated carbocycles. The van der Waals surface area contributed by atoms with Gasteiger partial charge in [-0.15, -0.1) is 0 Å². The minimum Gasteiger partial charge on any atom is -0.329 e. The molecular weight excluding hydrogens is 345 g/mol. The summed E-state index contributed by atoms with van der Waals surface area (Å²) in [6.07, 6.45) is -4.58. The number of para-hydroxylation sites is 1. The van der Waals surface area contributed by atoms with E-state index in [2.05, 4.69) is 5.32 Å². The number of carbonyl (C=O) groups is 2. The van der Waals surface area contributed by atoms with E-state index < -0.39 is 17.6 Å². The number of nitrogens with zero attached hydrogens (tertiary/aromatic N) is 1. The number of aryl methyl sites for hydroxylation is 1. The highest BCUT2D eigenvalue weighted by Gasteiger charge is 2.33. The van der Waals surface area contributed by atoms with Gasteiger partial charge in [-0.3, -0.25) is 9.59 Å². The lowest BCUT2D eigenvalue weighted by molar-refractivity contribution is -0.137. The molecule has 26 heavy (non-hydrogen) atoms. The zero-order chi connectivity index (χ0) is 19.3. The van der Waals surface area contributed by atoms with Crippen LogP contribution in [0.3, 0.4) is 0 Å². The van der Waals surface area contributed by atoms with Gasteiger partial charge in [0.2, 0.25) is 11.8 Å². The van der Waals surface area contributed by atoms with Gasteiger partial charge in [-0.2, -0.15) is 13.2 Å². The zero-order valence-electron chi connectivity index (χ0n) is 14.4. The minimum atomic E-state index is -4.58. The van der Waals surface area contributed by atoms with Crippen LogP contribution in [0.25, 0.3) is 0 Å². The lowest BCUT2D eigenvalue weighted by atomic mass is 10.1. The lowest BCUT2D eigenvalue weighted by Crippen LogP contribution is -2.36. The van der Waals surface area contributed by atoms with Gasteiger partial charge in [-0.1, -0.05) is 42.0 Å². The van der Waals surface area contributed by atoms with Crippen LogP contribution in [0.4, 0.5) is 18.9 Å². The van der Waals surface area contributed by atoms with E-state index in [-0.39, 0.29) is 24.7 Å². The van der Waals surface area contributed by atoms with Gasteiger partial charge >= 0.3 is 6.18 Å². The van der Waals surface area contributed by atoms with Crippen LogP contribution in [0.2, 0.25) is 0 Å². The molecule has 0 atom stereocenters. The molecule has 2 amide bonds. The van der Waals surface area contributed by atoms with E-state index in [1.165, 1.54) is 30.0 Å². The molecule has 2 rings (SSSR count). The number of amides is 2. The molecule has 0 aliphatic rings. The molecule has 0 bridgehead atoms. The van der Waals surface area contributed by atoms with E-state index in [9.17, 15) is 22.8 Å². The summed E-state index contributed by atoms with van der Waals surface area (Å²) in [5.74, 6) is -1.03. The highest BCUT2D eigenvalue weighted by Crippen LogP contribution is 2.34. The summed E-state index contributed by atoms with van der Waals surface area (Å²) < 4.78 is 39.0. The van der Waals surface area contributed by atoms with Gasteiger partial charge < -0.3 is 10.2 Å². The first-order valence-corrected chi connectivity index (χ1v) is 7.94. The number of carbonyl (C=O) groups excluding carboxylic acids is 2. The summed E-state index contributed by atoms with van der Waals surface area (Å²) in [4.78, 5) is 25.3. The molecule has 0 spiro atoms. The Bertz CT molecular complexity index is 803. The van der Waals surface area contributed by atoms with Crippen molar-refractivity contribution in [1.29, 1.82) is 0 Å². The van der Waals surface area contributed by atoms with Crippen LogP contribution in [0.1, 0.15) is 23.6 Å². The SMILES string of the molecule is CC(=O)N(CC(=O)Nc1ccccc1C(F)(F)F)Cc1cccc(C)c1. The van der Waals surface area contributed by atoms with Crippen LogP contribution >= 0.6 is 0 Å². The van der Waals surface area contributed by atoms with E-state index in [4.69, 9.17) is 0 Å². The van der Waals surface area contributed by atoms with E-state index in [1.54, 1.807) is 0 Å². The van der Waals surface area contributed by atoms with E-state index >= 15 is 0 Å². The van der Waals surface area contributed by atoms with Crippen molar-refractivity contribution >= 4 is 17.5 Å². The number of halogens is 3. The van der Waals surface area contributed by atoms with Crippen molar-refractivity contribution in [3.8, 4) is 0 Å². The van der Waals surface area contributed by atoms with Gasteiger partial charge in [0.15, 0.2) is 0 Å². The molecule has 0 heterocycles. The van der Waals surface area contributed by atoms with Gasteiger partial charge in [0.25, 0.3) is 0 Å². The standard InChI is InChI=1S/C19H19F3N2O2/c1-13-6-5-7-15(10-13)11-24(14(2)25)12-18(26)23-17-9-4-3-8-16(17)19(20,21)22/h3-10H,11-12H2,1-2H3,(H,23,26). The Labute approximate surface area is 149 Å². The van der Waals surface area contributed by atoms with E-state index in [1.807, 2.05) is 31.2 Å². The zero-order valence-corrected chi connectivity index (χ0v) is 14.4. The maximum atomic E-state index is 13.0. The summed E-state index contributed by atoms with van der Waals surface area (Å²) in [6.45, 7) is 3.08. The highest BCUT2D eigenvalue weighted by atomic mass is 19.4. The summed E-state index contributed by atoms with van der Waals surface area (Å²) >= 11 is 0. The number of alkyl halides is 3. The van der Waals surface area contributed by atoms with Crippen molar-refractivity contribution < 1.29 is 22.8 Å². The van der Waals surface area contributed by atoms with Gasteiger partial charge in [0.1, 0.15) is 6.54 Å². The smallest absolute Gasteiger partial charge is 0.329 e. The van der Waals surface area contributed by atoms with Crippen molar-refractivity contribution in [2.45, 2.75) is 26.6 Å². The Morgan fingerprint density at radius 2 is 1.77 bits per heavy atom. The van der Waals surface area contributed by atoms with Crippen molar-refractivity contribution in [2.75, 3.05) is 11.9 Å². The molecule has 138 valence electrons. The molecule has 0 fully saturated rings. The summed E-state index contributed by atoms with van der Waals surface area (Å²) in [5.41, 5.74) is 0.587. The molecular formula is C19H19F3N2O2. The van der Waals surface area contributed by atoms with Gasteiger partial charge in [0, 0.05) is 13.5 Å². The van der Waals surface area contributed by atoms with Crippen LogP contribution in [-0.4, -0.2) is 23.3 Å². The van der Waals surface area contributed by atoms with E-state index in [0.29, 0.717) is 0 Å². The average Bonchev–Trinajstić information content (AvgIpc) is 2.53. The third-order valence-electron chi connectivity index (χ3n) is 3.74. The first-order chi connectivity index (χ1) is 12.2. The van der Waals surface area contributed by atoms with Crippen LogP contribution in [-0.2, 0) is 22.3 Å². The molecule has 0 aliphatic carbocycles. The van der Waals surface area contributed by atoms with Crippen molar-refractivity contribution in [3.63, 3.8) is 0 Å². The Kier molecular flexibility index (Phi) is 6.02. The summed E-state index contributed by atoms with van der Waals surface area (Å²) in [7, 11) is 0. The van der Waals surface area contributed by atoms with Crippen LogP contribution in [0.15, 0.2) is 48.5 Å². The number of rotatable bonds is 5. The van der Waals surface area contributed by atoms with Crippen LogP contribution in [0, 0.1) is 6.92 Å². The van der Waals surface area contributed by atoms with Gasteiger partial charge in [0.05, 0.1) is 11.3 Å². The number of hydrogen-bond acceptors (Lipinski definition) is 2. The maximum Gasteiger partial charge on any atom is 0.418 e.